The van der Waals surface area contributed by atoms with Crippen LogP contribution in [-0.4, -0.2) is 24.2 Å². The number of halogens is 3. The van der Waals surface area contributed by atoms with Crippen LogP contribution in [0.4, 0.5) is 13.2 Å². The molecular formula is C8H10F3NO4. The van der Waals surface area contributed by atoms with Crippen LogP contribution in [-0.2, 0) is 19.4 Å². The molecule has 0 radical (unpaired) electrons. The topological polar surface area (TPSA) is 78.6 Å². The zero-order valence-electron chi connectivity index (χ0n) is 8.50. The van der Waals surface area contributed by atoms with Gasteiger partial charge in [0.05, 0.1) is 0 Å². The molecule has 0 bridgehead atoms. The summed E-state index contributed by atoms with van der Waals surface area (Å²) in [5.41, 5.74) is 5.22. The fourth-order valence-corrected chi connectivity index (χ4v) is 0.651. The summed E-state index contributed by atoms with van der Waals surface area (Å²) < 4.78 is 34.8. The molecule has 5 nitrogen and oxygen atoms in total. The van der Waals surface area contributed by atoms with Gasteiger partial charge in [-0.25, -0.2) is 19.4 Å². The summed E-state index contributed by atoms with van der Waals surface area (Å²) in [7, 11) is 0. The lowest BCUT2D eigenvalue weighted by Crippen LogP contribution is -2.27. The van der Waals surface area contributed by atoms with Gasteiger partial charge in [0.15, 0.2) is 0 Å². The highest BCUT2D eigenvalue weighted by atomic mass is 19.4. The maximum absolute atomic E-state index is 11.6. The maximum atomic E-state index is 11.6. The molecule has 92 valence electrons. The van der Waals surface area contributed by atoms with Crippen molar-refractivity contribution in [3.63, 3.8) is 0 Å². The first-order chi connectivity index (χ1) is 7.14. The van der Waals surface area contributed by atoms with E-state index in [0.717, 1.165) is 0 Å². The second kappa shape index (κ2) is 5.50. The monoisotopic (exact) mass is 241 g/mol. The molecule has 16 heavy (non-hydrogen) atoms. The summed E-state index contributed by atoms with van der Waals surface area (Å²) in [5.74, 6) is -3.82. The minimum atomic E-state index is -5.21. The lowest BCUT2D eigenvalue weighted by Gasteiger charge is -2.05. The van der Waals surface area contributed by atoms with E-state index in [-0.39, 0.29) is 5.57 Å². The maximum Gasteiger partial charge on any atom is 0.495 e. The van der Waals surface area contributed by atoms with Crippen LogP contribution in [0.1, 0.15) is 13.8 Å². The van der Waals surface area contributed by atoms with Gasteiger partial charge in [0.2, 0.25) is 0 Å². The molecule has 0 spiro atoms. The Balaban J connectivity index is 4.24. The Kier molecular flexibility index (Phi) is 4.96. The van der Waals surface area contributed by atoms with Crippen LogP contribution in [0.25, 0.3) is 0 Å². The molecule has 0 aromatic carbocycles. The molecule has 0 heterocycles. The Morgan fingerprint density at radius 2 is 1.81 bits per heavy atom. The molecule has 0 fully saturated rings. The number of alkyl halides is 3. The fourth-order valence-electron chi connectivity index (χ4n) is 0.651. The van der Waals surface area contributed by atoms with Crippen LogP contribution in [0.2, 0.25) is 0 Å². The van der Waals surface area contributed by atoms with Crippen molar-refractivity contribution >= 4 is 11.9 Å². The SMILES string of the molecule is C/C(=C\[C@H](C)N)C(=O)OOC(=O)C(F)(F)F. The zero-order chi connectivity index (χ0) is 12.9. The third-order valence-corrected chi connectivity index (χ3v) is 1.26. The average molecular weight is 241 g/mol. The van der Waals surface area contributed by atoms with Crippen molar-refractivity contribution in [2.75, 3.05) is 0 Å². The lowest BCUT2D eigenvalue weighted by molar-refractivity contribution is -0.283. The van der Waals surface area contributed by atoms with Crippen LogP contribution in [0, 0.1) is 0 Å². The van der Waals surface area contributed by atoms with Crippen molar-refractivity contribution in [2.24, 2.45) is 5.73 Å². The van der Waals surface area contributed by atoms with Crippen LogP contribution in [0.5, 0.6) is 0 Å². The highest BCUT2D eigenvalue weighted by Gasteiger charge is 2.43. The van der Waals surface area contributed by atoms with E-state index in [4.69, 9.17) is 5.73 Å². The Hall–Kier alpha value is -1.57. The van der Waals surface area contributed by atoms with E-state index in [0.29, 0.717) is 0 Å². The van der Waals surface area contributed by atoms with Gasteiger partial charge in [-0.1, -0.05) is 6.08 Å². The van der Waals surface area contributed by atoms with Crippen molar-refractivity contribution in [2.45, 2.75) is 26.1 Å². The van der Waals surface area contributed by atoms with Crippen LogP contribution in [0.15, 0.2) is 11.6 Å². The molecular weight excluding hydrogens is 231 g/mol. The van der Waals surface area contributed by atoms with Gasteiger partial charge in [0.1, 0.15) is 0 Å². The molecule has 0 rings (SSSR count). The van der Waals surface area contributed by atoms with Gasteiger partial charge in [-0.15, -0.1) is 0 Å². The Bertz CT molecular complexity index is 309. The van der Waals surface area contributed by atoms with Crippen molar-refractivity contribution in [1.29, 1.82) is 0 Å². The van der Waals surface area contributed by atoms with E-state index < -0.39 is 24.2 Å². The smallest absolute Gasteiger partial charge is 0.325 e. The molecule has 0 amide bonds. The molecule has 0 aliphatic rings. The van der Waals surface area contributed by atoms with E-state index in [2.05, 4.69) is 9.78 Å². The normalized spacial score (nSPS) is 14.2. The zero-order valence-corrected chi connectivity index (χ0v) is 8.50. The van der Waals surface area contributed by atoms with E-state index in [1.165, 1.54) is 13.0 Å². The van der Waals surface area contributed by atoms with Crippen molar-refractivity contribution in [1.82, 2.24) is 0 Å². The summed E-state index contributed by atoms with van der Waals surface area (Å²) in [5, 5.41) is 0. The van der Waals surface area contributed by atoms with Crippen molar-refractivity contribution in [3.8, 4) is 0 Å². The molecule has 1 atom stereocenters. The number of hydrogen-bond acceptors (Lipinski definition) is 5. The molecule has 2 N–H and O–H groups in total. The second-order valence-corrected chi connectivity index (χ2v) is 2.95. The minimum Gasteiger partial charge on any atom is -0.325 e. The third kappa shape index (κ3) is 5.35. The predicted octanol–water partition coefficient (Wildman–Crippen LogP) is 0.844. The van der Waals surface area contributed by atoms with Gasteiger partial charge in [0, 0.05) is 11.6 Å². The molecule has 8 heteroatoms. The molecule has 0 aromatic rings. The number of hydrogen-bond donors (Lipinski definition) is 1. The van der Waals surface area contributed by atoms with Crippen LogP contribution < -0.4 is 5.73 Å². The summed E-state index contributed by atoms with van der Waals surface area (Å²) >= 11 is 0. The molecule has 0 aliphatic heterocycles. The third-order valence-electron chi connectivity index (χ3n) is 1.26. The standard InChI is InChI=1S/C8H10F3NO4/c1-4(3-5(2)12)6(13)15-16-7(14)8(9,10)11/h3,5H,12H2,1-2H3/b4-3+/t5-/m0/s1. The van der Waals surface area contributed by atoms with E-state index in [1.54, 1.807) is 6.92 Å². The predicted molar refractivity (Wildman–Crippen MR) is 45.6 cm³/mol. The Labute approximate surface area is 88.9 Å². The first kappa shape index (κ1) is 14.4. The summed E-state index contributed by atoms with van der Waals surface area (Å²) in [6, 6.07) is -0.481. The molecule has 0 unspecified atom stereocenters. The minimum absolute atomic E-state index is 0.0648. The number of carbonyl (C=O) groups is 2. The Morgan fingerprint density at radius 3 is 2.19 bits per heavy atom. The summed E-state index contributed by atoms with van der Waals surface area (Å²) in [4.78, 5) is 28.0. The summed E-state index contributed by atoms with van der Waals surface area (Å²) in [6.07, 6.45) is -3.97. The number of rotatable bonds is 2. The van der Waals surface area contributed by atoms with Crippen LogP contribution >= 0.6 is 0 Å². The van der Waals surface area contributed by atoms with E-state index in [9.17, 15) is 22.8 Å². The van der Waals surface area contributed by atoms with E-state index >= 15 is 0 Å². The van der Waals surface area contributed by atoms with Crippen molar-refractivity contribution < 1.29 is 32.5 Å². The number of nitrogens with two attached hydrogens (primary N) is 1. The van der Waals surface area contributed by atoms with Gasteiger partial charge in [-0.2, -0.15) is 13.2 Å². The first-order valence-corrected chi connectivity index (χ1v) is 4.08. The number of carbonyl (C=O) groups excluding carboxylic acids is 2. The largest absolute Gasteiger partial charge is 0.495 e. The fraction of sp³-hybridized carbons (Fsp3) is 0.500. The van der Waals surface area contributed by atoms with Gasteiger partial charge < -0.3 is 5.73 Å². The second-order valence-electron chi connectivity index (χ2n) is 2.95. The average Bonchev–Trinajstić information content (AvgIpc) is 2.10. The highest BCUT2D eigenvalue weighted by Crippen LogP contribution is 2.16. The highest BCUT2D eigenvalue weighted by molar-refractivity contribution is 5.88. The van der Waals surface area contributed by atoms with Gasteiger partial charge in [0.25, 0.3) is 0 Å². The molecule has 0 aliphatic carbocycles. The lowest BCUT2D eigenvalue weighted by atomic mass is 10.2. The van der Waals surface area contributed by atoms with Gasteiger partial charge in [-0.3, -0.25) is 0 Å². The first-order valence-electron chi connectivity index (χ1n) is 4.08. The van der Waals surface area contributed by atoms with Crippen LogP contribution in [0.3, 0.4) is 0 Å². The summed E-state index contributed by atoms with van der Waals surface area (Å²) in [6.45, 7) is 2.80. The van der Waals surface area contributed by atoms with Gasteiger partial charge in [-0.05, 0) is 13.8 Å². The van der Waals surface area contributed by atoms with Crippen molar-refractivity contribution in [3.05, 3.63) is 11.6 Å². The van der Waals surface area contributed by atoms with Gasteiger partial charge >= 0.3 is 18.1 Å². The molecule has 0 aromatic heterocycles. The van der Waals surface area contributed by atoms with E-state index in [1.807, 2.05) is 0 Å². The quantitative estimate of drug-likeness (QED) is 0.440. The molecule has 0 saturated heterocycles. The Morgan fingerprint density at radius 1 is 1.31 bits per heavy atom. The molecule has 0 saturated carbocycles.